The van der Waals surface area contributed by atoms with Crippen LogP contribution >= 0.6 is 0 Å². The van der Waals surface area contributed by atoms with E-state index < -0.39 is 0 Å². The van der Waals surface area contributed by atoms with Crippen molar-refractivity contribution < 1.29 is 9.59 Å². The number of likely N-dealkylation sites (tertiary alicyclic amines) is 1. The molecule has 2 amide bonds. The van der Waals surface area contributed by atoms with Crippen LogP contribution in [0.2, 0.25) is 0 Å². The number of nitrogens with one attached hydrogen (secondary N) is 2. The summed E-state index contributed by atoms with van der Waals surface area (Å²) < 4.78 is 0. The van der Waals surface area contributed by atoms with E-state index in [0.717, 1.165) is 58.3 Å². The average molecular weight is 295 g/mol. The molecule has 0 aromatic rings. The molecule has 5 nitrogen and oxygen atoms in total. The number of rotatable bonds is 5. The van der Waals surface area contributed by atoms with Gasteiger partial charge in [0.05, 0.1) is 5.41 Å². The molecule has 5 heteroatoms. The number of hydrogen-bond donors (Lipinski definition) is 2. The minimum Gasteiger partial charge on any atom is -0.353 e. The van der Waals surface area contributed by atoms with Crippen LogP contribution in [0.15, 0.2) is 0 Å². The van der Waals surface area contributed by atoms with E-state index in [1.165, 1.54) is 0 Å². The Morgan fingerprint density at radius 3 is 2.52 bits per heavy atom. The second kappa shape index (κ2) is 7.25. The topological polar surface area (TPSA) is 61.4 Å². The maximum Gasteiger partial charge on any atom is 0.230 e. The van der Waals surface area contributed by atoms with Gasteiger partial charge >= 0.3 is 0 Å². The highest BCUT2D eigenvalue weighted by Gasteiger charge is 2.42. The van der Waals surface area contributed by atoms with E-state index in [9.17, 15) is 9.59 Å². The van der Waals surface area contributed by atoms with E-state index in [-0.39, 0.29) is 17.4 Å². The number of carbonyl (C=O) groups is 2. The van der Waals surface area contributed by atoms with E-state index in [2.05, 4.69) is 17.6 Å². The highest BCUT2D eigenvalue weighted by molar-refractivity contribution is 5.83. The molecule has 0 bridgehead atoms. The fourth-order valence-corrected chi connectivity index (χ4v) is 3.47. The molecule has 0 aromatic carbocycles. The average Bonchev–Trinajstić information content (AvgIpc) is 2.97. The van der Waals surface area contributed by atoms with Crippen LogP contribution in [0.25, 0.3) is 0 Å². The highest BCUT2D eigenvalue weighted by Crippen LogP contribution is 2.32. The second-order valence-corrected chi connectivity index (χ2v) is 6.44. The summed E-state index contributed by atoms with van der Waals surface area (Å²) in [5.74, 6) is 0.459. The summed E-state index contributed by atoms with van der Waals surface area (Å²) in [6, 6.07) is 0.243. The Morgan fingerprint density at radius 1 is 1.29 bits per heavy atom. The first-order valence-electron chi connectivity index (χ1n) is 8.41. The van der Waals surface area contributed by atoms with Crippen LogP contribution in [0.3, 0.4) is 0 Å². The van der Waals surface area contributed by atoms with Crippen LogP contribution in [0.5, 0.6) is 0 Å². The zero-order valence-electron chi connectivity index (χ0n) is 13.4. The van der Waals surface area contributed by atoms with E-state index in [4.69, 9.17) is 0 Å². The third kappa shape index (κ3) is 3.76. The van der Waals surface area contributed by atoms with Crippen LogP contribution in [0.4, 0.5) is 0 Å². The fraction of sp³-hybridized carbons (Fsp3) is 0.875. The first kappa shape index (κ1) is 16.3. The molecule has 2 aliphatic heterocycles. The Balaban J connectivity index is 1.83. The summed E-state index contributed by atoms with van der Waals surface area (Å²) in [5.41, 5.74) is -0.182. The van der Waals surface area contributed by atoms with Crippen molar-refractivity contribution >= 4 is 11.8 Å². The van der Waals surface area contributed by atoms with Crippen LogP contribution in [0, 0.1) is 5.41 Å². The van der Waals surface area contributed by atoms with Gasteiger partial charge in [-0.2, -0.15) is 0 Å². The lowest BCUT2D eigenvalue weighted by Gasteiger charge is -2.38. The van der Waals surface area contributed by atoms with Crippen molar-refractivity contribution in [2.45, 2.75) is 58.4 Å². The first-order valence-corrected chi connectivity index (χ1v) is 8.41. The van der Waals surface area contributed by atoms with Gasteiger partial charge < -0.3 is 15.5 Å². The van der Waals surface area contributed by atoms with Gasteiger partial charge in [-0.1, -0.05) is 13.8 Å². The summed E-state index contributed by atoms with van der Waals surface area (Å²) in [4.78, 5) is 26.4. The normalized spacial score (nSPS) is 26.9. The number of nitrogens with zero attached hydrogens (tertiary/aromatic N) is 1. The summed E-state index contributed by atoms with van der Waals surface area (Å²) >= 11 is 0. The summed E-state index contributed by atoms with van der Waals surface area (Å²) in [7, 11) is 0. The molecule has 0 radical (unpaired) electrons. The molecule has 1 atom stereocenters. The zero-order chi connectivity index (χ0) is 15.3. The van der Waals surface area contributed by atoms with Crippen molar-refractivity contribution in [3.63, 3.8) is 0 Å². The van der Waals surface area contributed by atoms with Gasteiger partial charge in [0.2, 0.25) is 11.8 Å². The van der Waals surface area contributed by atoms with E-state index in [1.54, 1.807) is 0 Å². The first-order chi connectivity index (χ1) is 10.1. The molecule has 1 unspecified atom stereocenters. The number of amides is 2. The standard InChI is InChI=1S/C16H29N3O2/c1-3-5-14(20)18-13-6-10-19(11-7-13)15(21)16(4-2)8-9-17-12-16/h13,17H,3-12H2,1-2H3,(H,18,20). The summed E-state index contributed by atoms with van der Waals surface area (Å²) in [6.07, 6.45) is 5.11. The summed E-state index contributed by atoms with van der Waals surface area (Å²) in [6.45, 7) is 7.44. The van der Waals surface area contributed by atoms with Crippen molar-refractivity contribution in [3.05, 3.63) is 0 Å². The monoisotopic (exact) mass is 295 g/mol. The SMILES string of the molecule is CCCC(=O)NC1CCN(C(=O)C2(CC)CCNC2)CC1. The minimum absolute atomic E-state index is 0.146. The molecular formula is C16H29N3O2. The Hall–Kier alpha value is -1.10. The van der Waals surface area contributed by atoms with E-state index >= 15 is 0 Å². The summed E-state index contributed by atoms with van der Waals surface area (Å²) in [5, 5.41) is 6.41. The molecule has 120 valence electrons. The number of piperidine rings is 1. The highest BCUT2D eigenvalue weighted by atomic mass is 16.2. The maximum absolute atomic E-state index is 12.8. The van der Waals surface area contributed by atoms with Crippen molar-refractivity contribution in [1.29, 1.82) is 0 Å². The van der Waals surface area contributed by atoms with Crippen molar-refractivity contribution in [1.82, 2.24) is 15.5 Å². The lowest BCUT2D eigenvalue weighted by atomic mass is 9.82. The van der Waals surface area contributed by atoms with Crippen LogP contribution < -0.4 is 10.6 Å². The van der Waals surface area contributed by atoms with Crippen molar-refractivity contribution in [2.24, 2.45) is 5.41 Å². The smallest absolute Gasteiger partial charge is 0.230 e. The number of hydrogen-bond acceptors (Lipinski definition) is 3. The Bertz CT molecular complexity index is 370. The van der Waals surface area contributed by atoms with Gasteiger partial charge in [-0.15, -0.1) is 0 Å². The third-order valence-corrected chi connectivity index (χ3v) is 5.00. The molecule has 2 heterocycles. The Morgan fingerprint density at radius 2 is 2.00 bits per heavy atom. The van der Waals surface area contributed by atoms with Gasteiger partial charge in [0.1, 0.15) is 0 Å². The van der Waals surface area contributed by atoms with Gasteiger partial charge in [0, 0.05) is 32.1 Å². The molecule has 2 saturated heterocycles. The van der Waals surface area contributed by atoms with Crippen LogP contribution in [0.1, 0.15) is 52.4 Å². The zero-order valence-corrected chi connectivity index (χ0v) is 13.4. The van der Waals surface area contributed by atoms with Gasteiger partial charge in [0.15, 0.2) is 0 Å². The van der Waals surface area contributed by atoms with E-state index in [1.807, 2.05) is 11.8 Å². The molecule has 21 heavy (non-hydrogen) atoms. The molecule has 0 aromatic heterocycles. The van der Waals surface area contributed by atoms with Gasteiger partial charge in [0.25, 0.3) is 0 Å². The molecule has 2 fully saturated rings. The molecule has 0 spiro atoms. The van der Waals surface area contributed by atoms with Crippen molar-refractivity contribution in [3.8, 4) is 0 Å². The lowest BCUT2D eigenvalue weighted by Crippen LogP contribution is -2.51. The molecule has 2 N–H and O–H groups in total. The minimum atomic E-state index is -0.182. The van der Waals surface area contributed by atoms with E-state index in [0.29, 0.717) is 12.3 Å². The Kier molecular flexibility index (Phi) is 5.62. The lowest BCUT2D eigenvalue weighted by molar-refractivity contribution is -0.142. The molecular weight excluding hydrogens is 266 g/mol. The predicted octanol–water partition coefficient (Wildman–Crippen LogP) is 1.28. The Labute approximate surface area is 127 Å². The molecule has 2 rings (SSSR count). The second-order valence-electron chi connectivity index (χ2n) is 6.44. The fourth-order valence-electron chi connectivity index (χ4n) is 3.47. The molecule has 2 aliphatic rings. The van der Waals surface area contributed by atoms with Gasteiger partial charge in [-0.25, -0.2) is 0 Å². The van der Waals surface area contributed by atoms with Crippen LogP contribution in [-0.2, 0) is 9.59 Å². The molecule has 0 aliphatic carbocycles. The van der Waals surface area contributed by atoms with Gasteiger partial charge in [-0.3, -0.25) is 9.59 Å². The molecule has 0 saturated carbocycles. The largest absolute Gasteiger partial charge is 0.353 e. The maximum atomic E-state index is 12.8. The quantitative estimate of drug-likeness (QED) is 0.803. The predicted molar refractivity (Wildman–Crippen MR) is 82.9 cm³/mol. The number of carbonyl (C=O) groups excluding carboxylic acids is 2. The van der Waals surface area contributed by atoms with Crippen LogP contribution in [-0.4, -0.2) is 48.9 Å². The third-order valence-electron chi connectivity index (χ3n) is 5.00. The van der Waals surface area contributed by atoms with Crippen molar-refractivity contribution in [2.75, 3.05) is 26.2 Å². The van der Waals surface area contributed by atoms with Gasteiger partial charge in [-0.05, 0) is 38.6 Å².